The summed E-state index contributed by atoms with van der Waals surface area (Å²) in [5, 5.41) is 0.578. The number of nitrogens with one attached hydrogen (secondary N) is 1. The number of methoxy groups -OCH3 is 1. The first-order valence-corrected chi connectivity index (χ1v) is 6.51. The molecule has 0 aliphatic heterocycles. The van der Waals surface area contributed by atoms with Crippen molar-refractivity contribution in [1.29, 1.82) is 0 Å². The molecule has 2 aromatic carbocycles. The molecule has 0 amide bonds. The molecular formula is C15H16ClFN2O. The summed E-state index contributed by atoms with van der Waals surface area (Å²) in [6.45, 7) is 1.92. The fourth-order valence-electron chi connectivity index (χ4n) is 2.18. The molecule has 1 unspecified atom stereocenters. The lowest BCUT2D eigenvalue weighted by Crippen LogP contribution is -2.30. The van der Waals surface area contributed by atoms with Crippen molar-refractivity contribution < 1.29 is 9.13 Å². The van der Waals surface area contributed by atoms with Gasteiger partial charge in [0.05, 0.1) is 13.2 Å². The fraction of sp³-hybridized carbons (Fsp3) is 0.200. The maximum absolute atomic E-state index is 14.4. The van der Waals surface area contributed by atoms with E-state index in [1.807, 2.05) is 13.0 Å². The molecule has 2 rings (SSSR count). The van der Waals surface area contributed by atoms with Crippen LogP contribution in [0.15, 0.2) is 36.4 Å². The van der Waals surface area contributed by atoms with E-state index in [9.17, 15) is 4.39 Å². The minimum Gasteiger partial charge on any atom is -0.494 e. The Kier molecular flexibility index (Phi) is 4.60. The zero-order valence-corrected chi connectivity index (χ0v) is 12.0. The smallest absolute Gasteiger partial charge is 0.170 e. The van der Waals surface area contributed by atoms with Crippen molar-refractivity contribution in [2.75, 3.05) is 7.11 Å². The van der Waals surface area contributed by atoms with Crippen molar-refractivity contribution in [1.82, 2.24) is 5.43 Å². The van der Waals surface area contributed by atoms with Gasteiger partial charge >= 0.3 is 0 Å². The number of hydrogen-bond donors (Lipinski definition) is 2. The van der Waals surface area contributed by atoms with Crippen LogP contribution in [0.25, 0.3) is 0 Å². The molecule has 0 saturated heterocycles. The van der Waals surface area contributed by atoms with Crippen LogP contribution in [-0.4, -0.2) is 7.11 Å². The van der Waals surface area contributed by atoms with E-state index in [2.05, 4.69) is 5.43 Å². The lowest BCUT2D eigenvalue weighted by atomic mass is 9.95. The van der Waals surface area contributed by atoms with Gasteiger partial charge in [-0.25, -0.2) is 9.82 Å². The molecule has 1 atom stereocenters. The first kappa shape index (κ1) is 14.8. The molecule has 2 aromatic rings. The van der Waals surface area contributed by atoms with Crippen molar-refractivity contribution >= 4 is 11.6 Å². The molecule has 0 heterocycles. The monoisotopic (exact) mass is 294 g/mol. The maximum Gasteiger partial charge on any atom is 0.170 e. The third-order valence-electron chi connectivity index (χ3n) is 3.24. The highest BCUT2D eigenvalue weighted by molar-refractivity contribution is 6.30. The number of nitrogens with two attached hydrogens (primary N) is 1. The number of hydrogen-bond acceptors (Lipinski definition) is 3. The Morgan fingerprint density at radius 2 is 2.00 bits per heavy atom. The van der Waals surface area contributed by atoms with E-state index in [0.29, 0.717) is 10.6 Å². The summed E-state index contributed by atoms with van der Waals surface area (Å²) in [5.74, 6) is 5.37. The van der Waals surface area contributed by atoms with Crippen molar-refractivity contribution in [2.24, 2.45) is 5.84 Å². The predicted molar refractivity (Wildman–Crippen MR) is 78.3 cm³/mol. The van der Waals surface area contributed by atoms with Crippen LogP contribution < -0.4 is 16.0 Å². The molecule has 3 nitrogen and oxygen atoms in total. The summed E-state index contributed by atoms with van der Waals surface area (Å²) < 4.78 is 19.4. The standard InChI is InChI=1S/C15H16ClFN2O/c1-9-6-7-10(16)8-12(9)15(19-18)11-4-3-5-13(20-2)14(11)17/h3-8,15,19H,18H2,1-2H3. The highest BCUT2D eigenvalue weighted by Gasteiger charge is 2.20. The Labute approximate surface area is 122 Å². The number of rotatable bonds is 4. The van der Waals surface area contributed by atoms with Crippen LogP contribution in [0.5, 0.6) is 5.75 Å². The van der Waals surface area contributed by atoms with Crippen LogP contribution in [0.3, 0.4) is 0 Å². The van der Waals surface area contributed by atoms with Crippen molar-refractivity contribution in [3.8, 4) is 5.75 Å². The Hall–Kier alpha value is -1.62. The number of benzene rings is 2. The summed E-state index contributed by atoms with van der Waals surface area (Å²) in [6, 6.07) is 9.90. The topological polar surface area (TPSA) is 47.3 Å². The first-order valence-electron chi connectivity index (χ1n) is 6.13. The van der Waals surface area contributed by atoms with Gasteiger partial charge in [-0.05, 0) is 36.2 Å². The molecule has 0 radical (unpaired) electrons. The lowest BCUT2D eigenvalue weighted by Gasteiger charge is -2.20. The van der Waals surface area contributed by atoms with Crippen molar-refractivity contribution in [3.63, 3.8) is 0 Å². The van der Waals surface area contributed by atoms with E-state index in [1.54, 1.807) is 30.3 Å². The van der Waals surface area contributed by atoms with Gasteiger partial charge in [0, 0.05) is 10.6 Å². The van der Waals surface area contributed by atoms with Crippen LogP contribution in [0.1, 0.15) is 22.7 Å². The average molecular weight is 295 g/mol. The molecule has 0 fully saturated rings. The summed E-state index contributed by atoms with van der Waals surface area (Å²) in [6.07, 6.45) is 0. The second-order valence-corrected chi connectivity index (χ2v) is 4.90. The number of aryl methyl sites for hydroxylation is 1. The van der Waals surface area contributed by atoms with E-state index in [4.69, 9.17) is 22.2 Å². The largest absolute Gasteiger partial charge is 0.494 e. The van der Waals surface area contributed by atoms with Gasteiger partial charge in [0.1, 0.15) is 0 Å². The van der Waals surface area contributed by atoms with E-state index in [0.717, 1.165) is 11.1 Å². The van der Waals surface area contributed by atoms with Crippen LogP contribution in [0.4, 0.5) is 4.39 Å². The Bertz CT molecular complexity index is 619. The Balaban J connectivity index is 2.55. The Morgan fingerprint density at radius 1 is 1.25 bits per heavy atom. The number of hydrazine groups is 1. The van der Waals surface area contributed by atoms with E-state index in [-0.39, 0.29) is 5.75 Å². The summed E-state index contributed by atoms with van der Waals surface area (Å²) in [4.78, 5) is 0. The highest BCUT2D eigenvalue weighted by Crippen LogP contribution is 2.31. The second kappa shape index (κ2) is 6.22. The van der Waals surface area contributed by atoms with Gasteiger partial charge in [0.2, 0.25) is 0 Å². The number of halogens is 2. The predicted octanol–water partition coefficient (Wildman–Crippen LogP) is 3.35. The number of ether oxygens (including phenoxy) is 1. The minimum absolute atomic E-state index is 0.183. The molecule has 0 aliphatic carbocycles. The second-order valence-electron chi connectivity index (χ2n) is 4.46. The van der Waals surface area contributed by atoms with Crippen LogP contribution in [-0.2, 0) is 0 Å². The van der Waals surface area contributed by atoms with Crippen LogP contribution in [0.2, 0.25) is 5.02 Å². The van der Waals surface area contributed by atoms with E-state index in [1.165, 1.54) is 7.11 Å². The average Bonchev–Trinajstić information content (AvgIpc) is 2.45. The molecule has 20 heavy (non-hydrogen) atoms. The van der Waals surface area contributed by atoms with Gasteiger partial charge in [0.25, 0.3) is 0 Å². The molecule has 0 spiro atoms. The molecule has 3 N–H and O–H groups in total. The fourth-order valence-corrected chi connectivity index (χ4v) is 2.36. The third kappa shape index (κ3) is 2.77. The molecule has 106 valence electrons. The van der Waals surface area contributed by atoms with Gasteiger partial charge in [-0.3, -0.25) is 5.84 Å². The quantitative estimate of drug-likeness (QED) is 0.671. The normalized spacial score (nSPS) is 12.2. The molecular weight excluding hydrogens is 279 g/mol. The van der Waals surface area contributed by atoms with Gasteiger partial charge in [-0.15, -0.1) is 0 Å². The van der Waals surface area contributed by atoms with Crippen LogP contribution in [0, 0.1) is 12.7 Å². The van der Waals surface area contributed by atoms with Crippen molar-refractivity contribution in [3.05, 3.63) is 63.9 Å². The summed E-state index contributed by atoms with van der Waals surface area (Å²) in [5.41, 5.74) is 4.85. The molecule has 0 aromatic heterocycles. The molecule has 5 heteroatoms. The lowest BCUT2D eigenvalue weighted by molar-refractivity contribution is 0.381. The Morgan fingerprint density at radius 3 is 2.65 bits per heavy atom. The van der Waals surface area contributed by atoms with E-state index >= 15 is 0 Å². The zero-order chi connectivity index (χ0) is 14.7. The third-order valence-corrected chi connectivity index (χ3v) is 3.48. The van der Waals surface area contributed by atoms with Gasteiger partial charge in [-0.2, -0.15) is 0 Å². The van der Waals surface area contributed by atoms with Gasteiger partial charge < -0.3 is 4.74 Å². The SMILES string of the molecule is COc1cccc(C(NN)c2cc(Cl)ccc2C)c1F. The molecule has 0 aliphatic rings. The molecule has 0 bridgehead atoms. The van der Waals surface area contributed by atoms with Crippen LogP contribution >= 0.6 is 11.6 Å². The summed E-state index contributed by atoms with van der Waals surface area (Å²) >= 11 is 6.02. The van der Waals surface area contributed by atoms with Crippen molar-refractivity contribution in [2.45, 2.75) is 13.0 Å². The zero-order valence-electron chi connectivity index (χ0n) is 11.3. The molecule has 0 saturated carbocycles. The van der Waals surface area contributed by atoms with Gasteiger partial charge in [-0.1, -0.05) is 29.8 Å². The summed E-state index contributed by atoms with van der Waals surface area (Å²) in [7, 11) is 1.43. The highest BCUT2D eigenvalue weighted by atomic mass is 35.5. The minimum atomic E-state index is -0.496. The first-order chi connectivity index (χ1) is 9.58. The van der Waals surface area contributed by atoms with E-state index < -0.39 is 11.9 Å². The maximum atomic E-state index is 14.4. The van der Waals surface area contributed by atoms with Gasteiger partial charge in [0.15, 0.2) is 11.6 Å².